The van der Waals surface area contributed by atoms with Gasteiger partial charge in [0.15, 0.2) is 0 Å². The van der Waals surface area contributed by atoms with Gasteiger partial charge in [0.1, 0.15) is 17.9 Å². The minimum Gasteiger partial charge on any atom is -0.363 e. The molecule has 2 N–H and O–H groups in total. The Morgan fingerprint density at radius 3 is 2.43 bits per heavy atom. The fraction of sp³-hybridized carbons (Fsp3) is 0.300. The van der Waals surface area contributed by atoms with Gasteiger partial charge in [-0.15, -0.1) is 0 Å². The minimum atomic E-state index is -1.19. The summed E-state index contributed by atoms with van der Waals surface area (Å²) < 4.78 is 0. The van der Waals surface area contributed by atoms with Crippen LogP contribution in [0.15, 0.2) is 42.6 Å². The van der Waals surface area contributed by atoms with Crippen molar-refractivity contribution in [2.75, 3.05) is 30.9 Å². The van der Waals surface area contributed by atoms with Gasteiger partial charge in [0.25, 0.3) is 5.91 Å². The number of imide groups is 1. The summed E-state index contributed by atoms with van der Waals surface area (Å²) in [5, 5.41) is 5.35. The maximum atomic E-state index is 12.9. The van der Waals surface area contributed by atoms with E-state index in [2.05, 4.69) is 15.6 Å². The summed E-state index contributed by atoms with van der Waals surface area (Å²) in [4.78, 5) is 44.5. The molecule has 1 unspecified atom stereocenters. The molecule has 4 amide bonds. The predicted octanol–water partition coefficient (Wildman–Crippen LogP) is 1.86. The summed E-state index contributed by atoms with van der Waals surface area (Å²) in [6, 6.07) is 10.2. The standard InChI is InChI=1S/C20H23N5O3/c1-13-5-7-14(8-6-13)20(2)18(27)25(19(28)23-20)12-17(26)22-15-9-10-16(21-11-15)24(3)4/h5-11H,12H2,1-4H3,(H,22,26)(H,23,28). The number of nitrogens with one attached hydrogen (secondary N) is 2. The zero-order valence-electron chi connectivity index (χ0n) is 16.3. The number of hydrogen-bond acceptors (Lipinski definition) is 5. The van der Waals surface area contributed by atoms with Gasteiger partial charge < -0.3 is 15.5 Å². The summed E-state index contributed by atoms with van der Waals surface area (Å²) in [5.74, 6) is -0.186. The van der Waals surface area contributed by atoms with Crippen LogP contribution in [-0.4, -0.2) is 48.4 Å². The maximum Gasteiger partial charge on any atom is 0.325 e. The number of urea groups is 1. The highest BCUT2D eigenvalue weighted by Gasteiger charge is 2.49. The van der Waals surface area contributed by atoms with Gasteiger partial charge in [-0.05, 0) is 31.5 Å². The van der Waals surface area contributed by atoms with E-state index in [1.165, 1.54) is 6.20 Å². The number of carbonyl (C=O) groups is 3. The largest absolute Gasteiger partial charge is 0.363 e. The number of aryl methyl sites for hydroxylation is 1. The number of benzene rings is 1. The molecule has 1 saturated heterocycles. The summed E-state index contributed by atoms with van der Waals surface area (Å²) in [6.45, 7) is 3.21. The van der Waals surface area contributed by atoms with Gasteiger partial charge in [-0.3, -0.25) is 14.5 Å². The summed E-state index contributed by atoms with van der Waals surface area (Å²) >= 11 is 0. The smallest absolute Gasteiger partial charge is 0.325 e. The van der Waals surface area contributed by atoms with Gasteiger partial charge in [-0.2, -0.15) is 0 Å². The first-order chi connectivity index (χ1) is 13.2. The van der Waals surface area contributed by atoms with Crippen molar-refractivity contribution in [3.63, 3.8) is 0 Å². The van der Waals surface area contributed by atoms with Gasteiger partial charge in [0.05, 0.1) is 11.9 Å². The Balaban J connectivity index is 1.70. The van der Waals surface area contributed by atoms with Crippen molar-refractivity contribution < 1.29 is 14.4 Å². The Kier molecular flexibility index (Phi) is 5.04. The number of rotatable bonds is 5. The number of pyridine rings is 1. The third-order valence-corrected chi connectivity index (χ3v) is 4.70. The lowest BCUT2D eigenvalue weighted by Crippen LogP contribution is -2.42. The van der Waals surface area contributed by atoms with Crippen LogP contribution in [0.3, 0.4) is 0 Å². The van der Waals surface area contributed by atoms with Crippen LogP contribution in [0.1, 0.15) is 18.1 Å². The summed E-state index contributed by atoms with van der Waals surface area (Å²) in [6.07, 6.45) is 1.52. The average Bonchev–Trinajstić information content (AvgIpc) is 2.86. The van der Waals surface area contributed by atoms with Crippen molar-refractivity contribution in [3.8, 4) is 0 Å². The Morgan fingerprint density at radius 1 is 1.18 bits per heavy atom. The lowest BCUT2D eigenvalue weighted by Gasteiger charge is -2.22. The van der Waals surface area contributed by atoms with E-state index in [0.29, 0.717) is 11.3 Å². The molecule has 0 spiro atoms. The second-order valence-electron chi connectivity index (χ2n) is 7.16. The van der Waals surface area contributed by atoms with Crippen molar-refractivity contribution in [1.82, 2.24) is 15.2 Å². The third-order valence-electron chi connectivity index (χ3n) is 4.70. The minimum absolute atomic E-state index is 0.373. The second kappa shape index (κ2) is 7.30. The molecule has 1 fully saturated rings. The molecule has 1 aliphatic rings. The molecule has 0 aliphatic carbocycles. The number of amides is 4. The third kappa shape index (κ3) is 3.66. The van der Waals surface area contributed by atoms with Crippen LogP contribution >= 0.6 is 0 Å². The van der Waals surface area contributed by atoms with Crippen LogP contribution in [0.25, 0.3) is 0 Å². The molecule has 8 heteroatoms. The van der Waals surface area contributed by atoms with E-state index in [0.717, 1.165) is 16.3 Å². The monoisotopic (exact) mass is 381 g/mol. The molecule has 1 atom stereocenters. The van der Waals surface area contributed by atoms with Crippen LogP contribution in [0, 0.1) is 6.92 Å². The number of anilines is 2. The van der Waals surface area contributed by atoms with Crippen molar-refractivity contribution in [2.45, 2.75) is 19.4 Å². The van der Waals surface area contributed by atoms with E-state index in [1.54, 1.807) is 31.2 Å². The summed E-state index contributed by atoms with van der Waals surface area (Å²) in [7, 11) is 3.73. The van der Waals surface area contributed by atoms with E-state index in [4.69, 9.17) is 0 Å². The molecule has 0 radical (unpaired) electrons. The number of carbonyl (C=O) groups excluding carboxylic acids is 3. The van der Waals surface area contributed by atoms with Gasteiger partial charge in [0.2, 0.25) is 5.91 Å². The van der Waals surface area contributed by atoms with Gasteiger partial charge in [0, 0.05) is 14.1 Å². The highest BCUT2D eigenvalue weighted by molar-refractivity contribution is 6.10. The van der Waals surface area contributed by atoms with E-state index in [1.807, 2.05) is 38.1 Å². The molecule has 1 aromatic heterocycles. The van der Waals surface area contributed by atoms with E-state index < -0.39 is 23.4 Å². The number of aromatic nitrogens is 1. The number of nitrogens with zero attached hydrogens (tertiary/aromatic N) is 3. The highest BCUT2D eigenvalue weighted by Crippen LogP contribution is 2.29. The van der Waals surface area contributed by atoms with E-state index >= 15 is 0 Å². The van der Waals surface area contributed by atoms with Gasteiger partial charge >= 0.3 is 6.03 Å². The Hall–Kier alpha value is -3.42. The van der Waals surface area contributed by atoms with Crippen LogP contribution in [0.2, 0.25) is 0 Å². The quantitative estimate of drug-likeness (QED) is 0.771. The van der Waals surface area contributed by atoms with Crippen molar-refractivity contribution in [3.05, 3.63) is 53.7 Å². The van der Waals surface area contributed by atoms with Gasteiger partial charge in [-0.1, -0.05) is 29.8 Å². The average molecular weight is 381 g/mol. The van der Waals surface area contributed by atoms with Crippen LogP contribution in [0.5, 0.6) is 0 Å². The lowest BCUT2D eigenvalue weighted by molar-refractivity contribution is -0.133. The predicted molar refractivity (Wildman–Crippen MR) is 106 cm³/mol. The molecule has 0 saturated carbocycles. The molecule has 2 heterocycles. The van der Waals surface area contributed by atoms with Crippen molar-refractivity contribution in [2.24, 2.45) is 0 Å². The van der Waals surface area contributed by atoms with Gasteiger partial charge in [-0.25, -0.2) is 9.78 Å². The molecule has 8 nitrogen and oxygen atoms in total. The van der Waals surface area contributed by atoms with Crippen LogP contribution in [0.4, 0.5) is 16.3 Å². The molecule has 1 aliphatic heterocycles. The lowest BCUT2D eigenvalue weighted by atomic mass is 9.91. The van der Waals surface area contributed by atoms with Crippen molar-refractivity contribution in [1.29, 1.82) is 0 Å². The van der Waals surface area contributed by atoms with Crippen molar-refractivity contribution >= 4 is 29.4 Å². The Morgan fingerprint density at radius 2 is 1.86 bits per heavy atom. The normalized spacial score (nSPS) is 18.8. The van der Waals surface area contributed by atoms with Crippen LogP contribution in [-0.2, 0) is 15.1 Å². The molecule has 0 bridgehead atoms. The first-order valence-electron chi connectivity index (χ1n) is 8.85. The highest BCUT2D eigenvalue weighted by atomic mass is 16.2. The molecular formula is C20H23N5O3. The molecule has 28 heavy (non-hydrogen) atoms. The fourth-order valence-electron chi connectivity index (χ4n) is 2.99. The maximum absolute atomic E-state index is 12.9. The fourth-order valence-corrected chi connectivity index (χ4v) is 2.99. The first-order valence-corrected chi connectivity index (χ1v) is 8.85. The molecule has 146 valence electrons. The topological polar surface area (TPSA) is 94.6 Å². The second-order valence-corrected chi connectivity index (χ2v) is 7.16. The van der Waals surface area contributed by atoms with E-state index in [-0.39, 0.29) is 6.54 Å². The Bertz CT molecular complexity index is 908. The van der Waals surface area contributed by atoms with Crippen LogP contribution < -0.4 is 15.5 Å². The summed E-state index contributed by atoms with van der Waals surface area (Å²) in [5.41, 5.74) is 1.01. The molecule has 3 rings (SSSR count). The zero-order valence-corrected chi connectivity index (χ0v) is 16.3. The zero-order chi connectivity index (χ0) is 20.5. The molecule has 1 aromatic carbocycles. The van der Waals surface area contributed by atoms with E-state index in [9.17, 15) is 14.4 Å². The first kappa shape index (κ1) is 19.3. The Labute approximate surface area is 163 Å². The SMILES string of the molecule is Cc1ccc(C2(C)NC(=O)N(CC(=O)Nc3ccc(N(C)C)nc3)C2=O)cc1. The number of hydrogen-bond donors (Lipinski definition) is 2. The molecular weight excluding hydrogens is 358 g/mol. The molecule has 2 aromatic rings.